The molecule has 2 aromatic carbocycles. The van der Waals surface area contributed by atoms with Gasteiger partial charge in [0.25, 0.3) is 0 Å². The highest BCUT2D eigenvalue weighted by atomic mass is 32.1. The molecule has 4 atom stereocenters. The smallest absolute Gasteiger partial charge is 0.416 e. The maximum absolute atomic E-state index is 13.6. The van der Waals surface area contributed by atoms with Crippen LogP contribution in [0.1, 0.15) is 64.5 Å². The van der Waals surface area contributed by atoms with Gasteiger partial charge < -0.3 is 49.3 Å². The summed E-state index contributed by atoms with van der Waals surface area (Å²) in [6.45, 7) is 12.1. The Labute approximate surface area is 508 Å². The molecule has 6 aliphatic heterocycles. The summed E-state index contributed by atoms with van der Waals surface area (Å²) in [5, 5.41) is 6.09. The lowest BCUT2D eigenvalue weighted by Crippen LogP contribution is -2.56. The minimum Gasteiger partial charge on any atom is -0.475 e. The van der Waals surface area contributed by atoms with Gasteiger partial charge in [-0.2, -0.15) is 90.3 Å². The zero-order chi connectivity index (χ0) is 56.4. The second-order valence-electron chi connectivity index (χ2n) is 20.5. The van der Waals surface area contributed by atoms with E-state index < -0.39 is 41.1 Å². The van der Waals surface area contributed by atoms with Crippen LogP contribution in [0, 0.1) is 0 Å². The summed E-state index contributed by atoms with van der Waals surface area (Å²) < 4.78 is 112. The summed E-state index contributed by atoms with van der Waals surface area (Å²) in [5.41, 5.74) is 6.06. The molecular weight excluding hydrogens is 1190 g/mol. The highest BCUT2D eigenvalue weighted by Crippen LogP contribution is 2.40. The summed E-state index contributed by atoms with van der Waals surface area (Å²) in [5.74, 6) is 1.14. The number of fused-ring (bicyclic) bond motifs is 8. The number of nitrogens with zero attached hydrogens (tertiary/aromatic N) is 11. The van der Waals surface area contributed by atoms with Gasteiger partial charge in [0.15, 0.2) is 34.9 Å². The lowest BCUT2D eigenvalue weighted by molar-refractivity contribution is -0.142. The largest absolute Gasteiger partial charge is 0.475 e. The number of amides is 2. The van der Waals surface area contributed by atoms with Gasteiger partial charge in [0.05, 0.1) is 54.2 Å². The van der Waals surface area contributed by atoms with Crippen molar-refractivity contribution in [3.05, 3.63) is 96.6 Å². The molecule has 6 aliphatic rings. The Hall–Kier alpha value is -6.35. The van der Waals surface area contributed by atoms with Crippen LogP contribution in [-0.2, 0) is 31.3 Å². The van der Waals surface area contributed by atoms with Crippen LogP contribution < -0.4 is 40.5 Å². The normalized spacial score (nSPS) is 20.3. The van der Waals surface area contributed by atoms with E-state index in [2.05, 4.69) is 60.3 Å². The van der Waals surface area contributed by atoms with Crippen molar-refractivity contribution in [2.24, 2.45) is 0 Å². The molecule has 4 bridgehead atoms. The number of anilines is 6. The maximum Gasteiger partial charge on any atom is 0.416 e. The third-order valence-electron chi connectivity index (χ3n) is 13.5. The quantitative estimate of drug-likeness (QED) is 0.114. The number of piperidine rings is 2. The molecular formula is C53H66F6N14O7S4. The Kier molecular flexibility index (Phi) is 22.1. The van der Waals surface area contributed by atoms with Crippen molar-refractivity contribution in [1.29, 1.82) is 0 Å². The first kappa shape index (κ1) is 66.8. The molecule has 31 heteroatoms. The summed E-state index contributed by atoms with van der Waals surface area (Å²) >= 11 is 0. The van der Waals surface area contributed by atoms with E-state index in [1.54, 1.807) is 36.8 Å². The number of nitrogens with one attached hydrogen (secondary N) is 2. The number of hydrogen-bond acceptors (Lipinski definition) is 19. The van der Waals surface area contributed by atoms with E-state index in [1.807, 2.05) is 27.7 Å². The second-order valence-corrected chi connectivity index (χ2v) is 20.5. The first-order valence-electron chi connectivity index (χ1n) is 25.9. The molecule has 0 radical (unpaired) electrons. The number of ether oxygens (including phenoxy) is 6. The Bertz CT molecular complexity index is 3200. The third kappa shape index (κ3) is 16.5. The first-order valence-corrected chi connectivity index (χ1v) is 25.9. The molecule has 6 aromatic rings. The van der Waals surface area contributed by atoms with Crippen LogP contribution in [-0.4, -0.2) is 134 Å². The molecule has 0 aliphatic carbocycles. The average Bonchev–Trinajstić information content (AvgIpc) is 4.03. The number of aromatic nitrogens is 8. The Morgan fingerprint density at radius 3 is 1.79 bits per heavy atom. The number of alkyl halides is 6. The predicted molar refractivity (Wildman–Crippen MR) is 321 cm³/mol. The minimum atomic E-state index is -4.51. The molecule has 4 N–H and O–H groups in total. The van der Waals surface area contributed by atoms with Crippen molar-refractivity contribution in [3.8, 4) is 34.5 Å². The van der Waals surface area contributed by atoms with Gasteiger partial charge in [-0.25, -0.2) is 34.7 Å². The van der Waals surface area contributed by atoms with E-state index >= 15 is 0 Å². The van der Waals surface area contributed by atoms with Gasteiger partial charge >= 0.3 is 18.4 Å². The molecule has 10 heterocycles. The molecule has 0 unspecified atom stereocenters. The standard InChI is InChI=1S/C27H28F3N7O4.C16H15F3N4.C10H15N3O3.4H2S/c1-26(2)40-15-19(41-26)14-39-21-8-9-31-24(33-21)35-25(38)37-18-7-4-10-36(13-18)20-12-32-22(34-23(20)37)16-5-3-6-17(11-16)27(28,29)30;17-16(18,19)11-4-1-3-10(7-11)14-20-8-13-15(22-14)21-12-5-2-6-23(13)9-12;1-10(2)15-6-7(16-10)5-14-8-3-4-12-9(11)13-8;;;;/h3,5-6,8-9,11-12,18-19H,4,7,10,13-15H2,1-2H3,(H,31,33,35,38);1,3-4,7-8,12H,2,5-6,9H2,(H,20,21,22);3-4,7H,5-6H2,1-2H3,(H2,11,12,13);4*1H2/t18-,19-;12-;7-;;;;/m000..../s1. The van der Waals surface area contributed by atoms with Gasteiger partial charge in [0.2, 0.25) is 23.7 Å². The molecule has 0 saturated carbocycles. The zero-order valence-electron chi connectivity index (χ0n) is 46.0. The van der Waals surface area contributed by atoms with Gasteiger partial charge in [0, 0.05) is 67.9 Å². The first-order chi connectivity index (χ1) is 38.1. The number of hydrogen-bond donors (Lipinski definition) is 3. The second kappa shape index (κ2) is 27.8. The zero-order valence-corrected chi connectivity index (χ0v) is 50.0. The van der Waals surface area contributed by atoms with Crippen LogP contribution in [0.2, 0.25) is 0 Å². The van der Waals surface area contributed by atoms with Crippen molar-refractivity contribution >= 4 is 94.9 Å². The van der Waals surface area contributed by atoms with Gasteiger partial charge in [0.1, 0.15) is 25.4 Å². The van der Waals surface area contributed by atoms with Crippen molar-refractivity contribution in [2.45, 2.75) is 102 Å². The van der Waals surface area contributed by atoms with E-state index in [0.717, 1.165) is 75.3 Å². The van der Waals surface area contributed by atoms with Crippen LogP contribution in [0.4, 0.5) is 66.0 Å². The number of rotatable bonds is 9. The van der Waals surface area contributed by atoms with Crippen LogP contribution in [0.3, 0.4) is 0 Å². The molecule has 2 amide bonds. The highest BCUT2D eigenvalue weighted by molar-refractivity contribution is 7.59. The van der Waals surface area contributed by atoms with Gasteiger partial charge in [-0.1, -0.05) is 24.3 Å². The van der Waals surface area contributed by atoms with E-state index in [4.69, 9.17) is 34.2 Å². The minimum absolute atomic E-state index is 0. The number of carbonyl (C=O) groups is 1. The number of halogens is 6. The Morgan fingerprint density at radius 2 is 1.23 bits per heavy atom. The molecule has 21 nitrogen and oxygen atoms in total. The fourth-order valence-corrected chi connectivity index (χ4v) is 9.88. The van der Waals surface area contributed by atoms with E-state index in [-0.39, 0.29) is 108 Å². The molecule has 4 aromatic heterocycles. The summed E-state index contributed by atoms with van der Waals surface area (Å²) in [6.07, 6.45) is 0.842. The number of urea groups is 1. The topological polar surface area (TPSA) is 235 Å². The van der Waals surface area contributed by atoms with Crippen molar-refractivity contribution in [3.63, 3.8) is 0 Å². The molecule has 12 rings (SSSR count). The summed E-state index contributed by atoms with van der Waals surface area (Å²) in [6, 6.07) is 12.8. The van der Waals surface area contributed by atoms with Crippen molar-refractivity contribution in [1.82, 2.24) is 39.9 Å². The SMILES string of the molecule is CC1(C)OC[C@H](COc2ccnc(N)n2)O1.CC1(C)OC[C@H](COc2ccnc(NC(=O)N3c4nc(-c5cccc(C(F)(F)F)c5)ncc4N4CCC[C@H]3C4)n2)O1.FC(F)(F)c1cccc(-c2ncc3c(n2)N[C@H]2CCCN3C2)c1.S.S.S.S. The Morgan fingerprint density at radius 1 is 0.690 bits per heavy atom. The lowest BCUT2D eigenvalue weighted by Gasteiger charge is -2.45. The predicted octanol–water partition coefficient (Wildman–Crippen LogP) is 9.10. The average molecular weight is 1250 g/mol. The van der Waals surface area contributed by atoms with Gasteiger partial charge in [-0.3, -0.25) is 10.2 Å². The number of benzene rings is 2. The monoisotopic (exact) mass is 1250 g/mol. The van der Waals surface area contributed by atoms with Crippen LogP contribution in [0.5, 0.6) is 11.8 Å². The maximum atomic E-state index is 13.6. The third-order valence-corrected chi connectivity index (χ3v) is 13.5. The van der Waals surface area contributed by atoms with Crippen LogP contribution in [0.15, 0.2) is 85.5 Å². The van der Waals surface area contributed by atoms with Crippen molar-refractivity contribution < 1.29 is 59.6 Å². The highest BCUT2D eigenvalue weighted by Gasteiger charge is 2.40. The number of nitrogen functional groups attached to an aromatic ring is 1. The molecule has 456 valence electrons. The van der Waals surface area contributed by atoms with Crippen LogP contribution >= 0.6 is 54.0 Å². The van der Waals surface area contributed by atoms with E-state index in [0.29, 0.717) is 67.0 Å². The molecule has 0 spiro atoms. The summed E-state index contributed by atoms with van der Waals surface area (Å²) in [4.78, 5) is 53.3. The lowest BCUT2D eigenvalue weighted by atomic mass is 10.0. The van der Waals surface area contributed by atoms with Gasteiger partial charge in [-0.15, -0.1) is 0 Å². The fraction of sp³-hybridized carbons (Fsp3) is 0.453. The molecule has 84 heavy (non-hydrogen) atoms. The van der Waals surface area contributed by atoms with Crippen molar-refractivity contribution in [2.75, 3.05) is 83.7 Å². The molecule has 4 fully saturated rings. The van der Waals surface area contributed by atoms with E-state index in [1.165, 1.54) is 29.3 Å². The summed E-state index contributed by atoms with van der Waals surface area (Å²) in [7, 11) is 0. The van der Waals surface area contributed by atoms with Crippen LogP contribution in [0.25, 0.3) is 22.8 Å². The molecule has 4 saturated heterocycles. The number of nitrogens with two attached hydrogens (primary N) is 1. The van der Waals surface area contributed by atoms with Gasteiger partial charge in [-0.05, 0) is 77.6 Å². The number of carbonyl (C=O) groups excluding carboxylic acids is 1. The fourth-order valence-electron chi connectivity index (χ4n) is 9.88. The Balaban J connectivity index is 0.000000222. The van der Waals surface area contributed by atoms with E-state index in [9.17, 15) is 31.1 Å².